The molecule has 0 unspecified atom stereocenters. The van der Waals surface area contributed by atoms with E-state index >= 15 is 0 Å². The largest absolute Gasteiger partial charge is 0.456 e. The van der Waals surface area contributed by atoms with E-state index in [0.717, 1.165) is 17.0 Å². The van der Waals surface area contributed by atoms with Crippen LogP contribution in [0, 0.1) is 27.7 Å². The van der Waals surface area contributed by atoms with E-state index in [4.69, 9.17) is 20.9 Å². The summed E-state index contributed by atoms with van der Waals surface area (Å²) in [7, 11) is 0. The monoisotopic (exact) mass is 360 g/mol. The Morgan fingerprint density at radius 2 is 2.04 bits per heavy atom. The van der Waals surface area contributed by atoms with Gasteiger partial charge in [-0.2, -0.15) is 5.10 Å². The van der Waals surface area contributed by atoms with Crippen molar-refractivity contribution in [3.05, 3.63) is 57.3 Å². The Morgan fingerprint density at radius 3 is 2.64 bits per heavy atom. The molecular weight excluding hydrogens is 344 g/mol. The molecule has 8 heteroatoms. The van der Waals surface area contributed by atoms with Crippen LogP contribution in [-0.4, -0.2) is 25.9 Å². The van der Waals surface area contributed by atoms with Crippen molar-refractivity contribution in [1.29, 1.82) is 0 Å². The van der Waals surface area contributed by atoms with Crippen LogP contribution in [-0.2, 0) is 11.3 Å². The number of hydrogen-bond donors (Lipinski definition) is 0. The number of pyridine rings is 1. The van der Waals surface area contributed by atoms with Crippen LogP contribution >= 0.6 is 11.6 Å². The van der Waals surface area contributed by atoms with Crippen LogP contribution < -0.4 is 0 Å². The lowest BCUT2D eigenvalue weighted by Crippen LogP contribution is -2.12. The van der Waals surface area contributed by atoms with Crippen molar-refractivity contribution in [3.8, 4) is 5.82 Å². The van der Waals surface area contributed by atoms with Crippen molar-refractivity contribution in [3.63, 3.8) is 0 Å². The maximum Gasteiger partial charge on any atom is 0.358 e. The van der Waals surface area contributed by atoms with Crippen LogP contribution in [0.15, 0.2) is 22.7 Å². The van der Waals surface area contributed by atoms with Gasteiger partial charge in [-0.1, -0.05) is 16.8 Å². The average molecular weight is 361 g/mol. The number of ether oxygens (including phenoxy) is 1. The number of carbonyl (C=O) groups is 1. The third-order valence-electron chi connectivity index (χ3n) is 3.78. The van der Waals surface area contributed by atoms with Gasteiger partial charge in [-0.25, -0.2) is 14.5 Å². The highest BCUT2D eigenvalue weighted by Gasteiger charge is 2.18. The lowest BCUT2D eigenvalue weighted by atomic mass is 10.2. The maximum atomic E-state index is 12.4. The van der Waals surface area contributed by atoms with Gasteiger partial charge in [0.05, 0.1) is 22.0 Å². The number of rotatable bonds is 4. The molecule has 0 atom stereocenters. The molecule has 0 saturated carbocycles. The zero-order valence-corrected chi connectivity index (χ0v) is 15.1. The first-order chi connectivity index (χ1) is 11.9. The zero-order valence-electron chi connectivity index (χ0n) is 14.3. The Morgan fingerprint density at radius 1 is 1.28 bits per heavy atom. The SMILES string of the molecule is Cc1cc(C)n(-c2ccc(Cl)c(C(=O)OCc3c(C)noc3C)n2)n1. The minimum Gasteiger partial charge on any atom is -0.456 e. The van der Waals surface area contributed by atoms with Gasteiger partial charge in [-0.3, -0.25) is 0 Å². The molecule has 0 fully saturated rings. The second-order valence-electron chi connectivity index (χ2n) is 5.72. The predicted molar refractivity (Wildman–Crippen MR) is 90.9 cm³/mol. The van der Waals surface area contributed by atoms with Gasteiger partial charge in [-0.05, 0) is 45.9 Å². The quantitative estimate of drug-likeness (QED) is 0.662. The Labute approximate surface area is 149 Å². The number of aromatic nitrogens is 4. The molecule has 0 radical (unpaired) electrons. The van der Waals surface area contributed by atoms with Crippen molar-refractivity contribution < 1.29 is 14.1 Å². The molecule has 0 bridgehead atoms. The van der Waals surface area contributed by atoms with E-state index in [1.54, 1.807) is 30.7 Å². The van der Waals surface area contributed by atoms with Gasteiger partial charge in [0.1, 0.15) is 12.4 Å². The lowest BCUT2D eigenvalue weighted by Gasteiger charge is -2.08. The van der Waals surface area contributed by atoms with Crippen molar-refractivity contribution >= 4 is 17.6 Å². The number of hydrogen-bond acceptors (Lipinski definition) is 6. The van der Waals surface area contributed by atoms with Crippen LogP contribution in [0.5, 0.6) is 0 Å². The van der Waals surface area contributed by atoms with Crippen molar-refractivity contribution in [2.24, 2.45) is 0 Å². The van der Waals surface area contributed by atoms with Crippen molar-refractivity contribution in [1.82, 2.24) is 19.9 Å². The van der Waals surface area contributed by atoms with Gasteiger partial charge < -0.3 is 9.26 Å². The summed E-state index contributed by atoms with van der Waals surface area (Å²) < 4.78 is 12.0. The molecule has 7 nitrogen and oxygen atoms in total. The summed E-state index contributed by atoms with van der Waals surface area (Å²) in [6.45, 7) is 7.39. The highest BCUT2D eigenvalue weighted by Crippen LogP contribution is 2.20. The summed E-state index contributed by atoms with van der Waals surface area (Å²) in [5.41, 5.74) is 3.22. The van der Waals surface area contributed by atoms with Gasteiger partial charge in [0.25, 0.3) is 0 Å². The number of carbonyl (C=O) groups excluding carboxylic acids is 1. The maximum absolute atomic E-state index is 12.4. The molecule has 0 spiro atoms. The highest BCUT2D eigenvalue weighted by atomic mass is 35.5. The molecule has 0 amide bonds. The first kappa shape index (κ1) is 17.2. The van der Waals surface area contributed by atoms with Crippen LogP contribution in [0.25, 0.3) is 5.82 Å². The number of halogens is 1. The number of esters is 1. The molecule has 3 rings (SSSR count). The van der Waals surface area contributed by atoms with E-state index in [9.17, 15) is 4.79 Å². The second kappa shape index (κ2) is 6.68. The fraction of sp³-hybridized carbons (Fsp3) is 0.294. The molecule has 130 valence electrons. The van der Waals surface area contributed by atoms with E-state index in [-0.39, 0.29) is 17.3 Å². The third kappa shape index (κ3) is 3.41. The minimum absolute atomic E-state index is 0.0403. The molecule has 0 aromatic carbocycles. The predicted octanol–water partition coefficient (Wildman–Crippen LogP) is 3.50. The summed E-state index contributed by atoms with van der Waals surface area (Å²) >= 11 is 6.12. The number of nitrogens with zero attached hydrogens (tertiary/aromatic N) is 4. The fourth-order valence-electron chi connectivity index (χ4n) is 2.47. The van der Waals surface area contributed by atoms with Gasteiger partial charge >= 0.3 is 5.97 Å². The summed E-state index contributed by atoms with van der Waals surface area (Å²) in [5.74, 6) is 0.494. The van der Waals surface area contributed by atoms with Crippen LogP contribution in [0.3, 0.4) is 0 Å². The molecule has 0 aliphatic carbocycles. The average Bonchev–Trinajstić information content (AvgIpc) is 3.07. The van der Waals surface area contributed by atoms with Crippen LogP contribution in [0.2, 0.25) is 5.02 Å². The van der Waals surface area contributed by atoms with E-state index in [2.05, 4.69) is 15.2 Å². The van der Waals surface area contributed by atoms with E-state index in [1.807, 2.05) is 19.9 Å². The Bertz CT molecular complexity index is 926. The van der Waals surface area contributed by atoms with Crippen molar-refractivity contribution in [2.75, 3.05) is 0 Å². The standard InChI is InChI=1S/C17H17ClN4O3/c1-9-7-10(2)22(20-9)15-6-5-14(18)16(19-15)17(23)24-8-13-11(3)21-25-12(13)4/h5-7H,8H2,1-4H3. The van der Waals surface area contributed by atoms with Crippen LogP contribution in [0.1, 0.15) is 38.9 Å². The first-order valence-electron chi connectivity index (χ1n) is 7.66. The molecule has 3 aromatic heterocycles. The molecule has 0 aliphatic rings. The summed E-state index contributed by atoms with van der Waals surface area (Å²) in [5, 5.41) is 8.41. The third-order valence-corrected chi connectivity index (χ3v) is 4.09. The van der Waals surface area contributed by atoms with E-state index in [0.29, 0.717) is 17.3 Å². The fourth-order valence-corrected chi connectivity index (χ4v) is 2.65. The summed E-state index contributed by atoms with van der Waals surface area (Å²) in [4.78, 5) is 16.7. The normalized spacial score (nSPS) is 10.9. The summed E-state index contributed by atoms with van der Waals surface area (Å²) in [6, 6.07) is 5.23. The van der Waals surface area contributed by atoms with Gasteiger partial charge in [0, 0.05) is 5.69 Å². The second-order valence-corrected chi connectivity index (χ2v) is 6.12. The van der Waals surface area contributed by atoms with Gasteiger partial charge in [0.2, 0.25) is 0 Å². The molecule has 0 aliphatic heterocycles. The minimum atomic E-state index is -0.617. The van der Waals surface area contributed by atoms with Gasteiger partial charge in [0.15, 0.2) is 11.5 Å². The molecule has 3 heterocycles. The topological polar surface area (TPSA) is 83.0 Å². The summed E-state index contributed by atoms with van der Waals surface area (Å²) in [6.07, 6.45) is 0. The smallest absolute Gasteiger partial charge is 0.358 e. The lowest BCUT2D eigenvalue weighted by molar-refractivity contribution is 0.0464. The molecule has 0 N–H and O–H groups in total. The highest BCUT2D eigenvalue weighted by molar-refractivity contribution is 6.33. The molecule has 3 aromatic rings. The Hall–Kier alpha value is -2.67. The first-order valence-corrected chi connectivity index (χ1v) is 8.03. The molecule has 25 heavy (non-hydrogen) atoms. The zero-order chi connectivity index (χ0) is 18.1. The van der Waals surface area contributed by atoms with Gasteiger partial charge in [-0.15, -0.1) is 0 Å². The molecule has 0 saturated heterocycles. The Kier molecular flexibility index (Phi) is 4.59. The number of aryl methyl sites for hydroxylation is 4. The van der Waals surface area contributed by atoms with E-state index < -0.39 is 5.97 Å². The van der Waals surface area contributed by atoms with E-state index in [1.165, 1.54) is 0 Å². The molecular formula is C17H17ClN4O3. The Balaban J connectivity index is 1.85. The van der Waals surface area contributed by atoms with Crippen molar-refractivity contribution in [2.45, 2.75) is 34.3 Å². The van der Waals surface area contributed by atoms with Crippen LogP contribution in [0.4, 0.5) is 0 Å².